The number of carboxylic acids is 1. The van der Waals surface area contributed by atoms with Gasteiger partial charge in [0.05, 0.1) is 17.9 Å². The van der Waals surface area contributed by atoms with Crippen molar-refractivity contribution in [2.45, 2.75) is 57.5 Å². The van der Waals surface area contributed by atoms with Gasteiger partial charge in [0.15, 0.2) is 0 Å². The summed E-state index contributed by atoms with van der Waals surface area (Å²) in [5.41, 5.74) is -0.654. The molecule has 3 rings (SSSR count). The fourth-order valence-corrected chi connectivity index (χ4v) is 3.62. The maximum Gasteiger partial charge on any atom is 0.309 e. The number of carboxylic acid groups (broad SMARTS) is 1. The van der Waals surface area contributed by atoms with E-state index in [9.17, 15) is 19.5 Å². The van der Waals surface area contributed by atoms with Crippen molar-refractivity contribution in [1.29, 1.82) is 0 Å². The van der Waals surface area contributed by atoms with Gasteiger partial charge in [-0.25, -0.2) is 0 Å². The van der Waals surface area contributed by atoms with E-state index in [2.05, 4.69) is 0 Å². The number of hydrogen-bond acceptors (Lipinski definition) is 4. The molecule has 6 nitrogen and oxygen atoms in total. The number of hydrogen-bond donors (Lipinski definition) is 1. The number of nitrogens with zero attached hydrogens (tertiary/aromatic N) is 2. The molecule has 0 spiro atoms. The van der Waals surface area contributed by atoms with Crippen LogP contribution in [0.3, 0.4) is 0 Å². The molecule has 1 aliphatic carbocycles. The van der Waals surface area contributed by atoms with Crippen molar-refractivity contribution in [2.24, 2.45) is 5.41 Å². The van der Waals surface area contributed by atoms with E-state index in [1.807, 2.05) is 11.8 Å². The topological polar surface area (TPSA) is 77.9 Å². The predicted octanol–water partition coefficient (Wildman–Crippen LogP) is 0.853. The van der Waals surface area contributed by atoms with Crippen LogP contribution in [0.2, 0.25) is 0 Å². The van der Waals surface area contributed by atoms with E-state index in [0.29, 0.717) is 32.4 Å². The van der Waals surface area contributed by atoms with E-state index in [1.54, 1.807) is 0 Å². The van der Waals surface area contributed by atoms with Crippen molar-refractivity contribution in [3.05, 3.63) is 0 Å². The van der Waals surface area contributed by atoms with Gasteiger partial charge >= 0.3 is 5.97 Å². The highest BCUT2D eigenvalue weighted by atomic mass is 16.4. The summed E-state index contributed by atoms with van der Waals surface area (Å²) in [6.45, 7) is 3.08. The molecule has 2 heterocycles. The molecule has 2 amide bonds. The molecular formula is C15H22N2O4. The second kappa shape index (κ2) is 5.09. The standard InChI is InChI=1S/C15H22N2O4/c1-2-15(14(20)21)5-7-16(8-6-15)11-9-12(18)17(13(11)19)10-3-4-10/h10-11H,2-9H2,1H3,(H,20,21). The third-order valence-corrected chi connectivity index (χ3v) is 5.40. The fourth-order valence-electron chi connectivity index (χ4n) is 3.62. The van der Waals surface area contributed by atoms with Crippen LogP contribution in [0.25, 0.3) is 0 Å². The van der Waals surface area contributed by atoms with Gasteiger partial charge in [-0.1, -0.05) is 6.92 Å². The Kier molecular flexibility index (Phi) is 3.51. The summed E-state index contributed by atoms with van der Waals surface area (Å²) in [5, 5.41) is 9.41. The molecule has 0 aromatic heterocycles. The molecule has 0 bridgehead atoms. The van der Waals surface area contributed by atoms with Gasteiger partial charge in [-0.05, 0) is 32.1 Å². The van der Waals surface area contributed by atoms with Gasteiger partial charge in [0.1, 0.15) is 0 Å². The molecule has 0 radical (unpaired) electrons. The van der Waals surface area contributed by atoms with Crippen LogP contribution in [-0.2, 0) is 14.4 Å². The molecule has 2 saturated heterocycles. The van der Waals surface area contributed by atoms with Gasteiger partial charge in [-0.2, -0.15) is 0 Å². The Balaban J connectivity index is 1.66. The molecule has 116 valence electrons. The first-order chi connectivity index (χ1) is 9.98. The van der Waals surface area contributed by atoms with E-state index in [-0.39, 0.29) is 30.3 Å². The third kappa shape index (κ3) is 2.35. The summed E-state index contributed by atoms with van der Waals surface area (Å²) in [6.07, 6.45) is 3.86. The second-order valence-electron chi connectivity index (χ2n) is 6.53. The molecule has 3 aliphatic rings. The number of carbonyl (C=O) groups excluding carboxylic acids is 2. The smallest absolute Gasteiger partial charge is 0.309 e. The quantitative estimate of drug-likeness (QED) is 0.778. The highest BCUT2D eigenvalue weighted by Gasteiger charge is 2.50. The Labute approximate surface area is 124 Å². The Bertz CT molecular complexity index is 478. The highest BCUT2D eigenvalue weighted by molar-refractivity contribution is 6.06. The Morgan fingerprint density at radius 1 is 1.29 bits per heavy atom. The molecule has 1 saturated carbocycles. The lowest BCUT2D eigenvalue weighted by Crippen LogP contribution is -2.50. The van der Waals surface area contributed by atoms with Crippen LogP contribution in [0.15, 0.2) is 0 Å². The molecule has 1 atom stereocenters. The van der Waals surface area contributed by atoms with E-state index < -0.39 is 11.4 Å². The minimum atomic E-state index is -0.738. The van der Waals surface area contributed by atoms with Gasteiger partial charge in [-0.3, -0.25) is 24.2 Å². The lowest BCUT2D eigenvalue weighted by Gasteiger charge is -2.40. The number of imide groups is 1. The lowest BCUT2D eigenvalue weighted by molar-refractivity contribution is -0.153. The molecule has 6 heteroatoms. The maximum absolute atomic E-state index is 12.4. The second-order valence-corrected chi connectivity index (χ2v) is 6.53. The molecule has 2 aliphatic heterocycles. The van der Waals surface area contributed by atoms with E-state index >= 15 is 0 Å². The lowest BCUT2D eigenvalue weighted by atomic mass is 9.76. The SMILES string of the molecule is CCC1(C(=O)O)CCN(C2CC(=O)N(C3CC3)C2=O)CC1. The van der Waals surface area contributed by atoms with E-state index in [1.165, 1.54) is 4.90 Å². The van der Waals surface area contributed by atoms with Crippen molar-refractivity contribution >= 4 is 17.8 Å². The summed E-state index contributed by atoms with van der Waals surface area (Å²) in [7, 11) is 0. The first-order valence-electron chi connectivity index (χ1n) is 7.82. The van der Waals surface area contributed by atoms with Crippen LogP contribution in [0.4, 0.5) is 0 Å². The van der Waals surface area contributed by atoms with Crippen molar-refractivity contribution in [3.63, 3.8) is 0 Å². The number of aliphatic carboxylic acids is 1. The number of likely N-dealkylation sites (tertiary alicyclic amines) is 2. The molecular weight excluding hydrogens is 272 g/mol. The van der Waals surface area contributed by atoms with Crippen molar-refractivity contribution in [2.75, 3.05) is 13.1 Å². The predicted molar refractivity (Wildman–Crippen MR) is 74.4 cm³/mol. The maximum atomic E-state index is 12.4. The zero-order chi connectivity index (χ0) is 15.2. The van der Waals surface area contributed by atoms with Crippen molar-refractivity contribution in [1.82, 2.24) is 9.80 Å². The Morgan fingerprint density at radius 3 is 2.38 bits per heavy atom. The Hall–Kier alpha value is -1.43. The Morgan fingerprint density at radius 2 is 1.90 bits per heavy atom. The van der Waals surface area contributed by atoms with Crippen LogP contribution in [-0.4, -0.2) is 57.9 Å². The summed E-state index contributed by atoms with van der Waals surface area (Å²) >= 11 is 0. The van der Waals surface area contributed by atoms with Crippen LogP contribution in [0.5, 0.6) is 0 Å². The third-order valence-electron chi connectivity index (χ3n) is 5.40. The first kappa shape index (κ1) is 14.5. The van der Waals surface area contributed by atoms with E-state index in [4.69, 9.17) is 0 Å². The molecule has 1 unspecified atom stereocenters. The number of piperidine rings is 1. The fraction of sp³-hybridized carbons (Fsp3) is 0.800. The van der Waals surface area contributed by atoms with Crippen LogP contribution >= 0.6 is 0 Å². The van der Waals surface area contributed by atoms with Gasteiger partial charge in [0.25, 0.3) is 0 Å². The first-order valence-corrected chi connectivity index (χ1v) is 7.82. The average Bonchev–Trinajstić information content (AvgIpc) is 3.25. The number of carbonyl (C=O) groups is 3. The monoisotopic (exact) mass is 294 g/mol. The summed E-state index contributed by atoms with van der Waals surface area (Å²) in [4.78, 5) is 39.3. The summed E-state index contributed by atoms with van der Waals surface area (Å²) < 4.78 is 0. The van der Waals surface area contributed by atoms with Gasteiger partial charge in [-0.15, -0.1) is 0 Å². The van der Waals surface area contributed by atoms with Gasteiger partial charge < -0.3 is 5.11 Å². The molecule has 0 aromatic carbocycles. The summed E-state index contributed by atoms with van der Waals surface area (Å²) in [6, 6.07) is -0.227. The summed E-state index contributed by atoms with van der Waals surface area (Å²) in [5.74, 6) is -0.863. The largest absolute Gasteiger partial charge is 0.481 e. The van der Waals surface area contributed by atoms with Gasteiger partial charge in [0.2, 0.25) is 11.8 Å². The number of amides is 2. The van der Waals surface area contributed by atoms with Crippen LogP contribution in [0, 0.1) is 5.41 Å². The molecule has 3 fully saturated rings. The zero-order valence-electron chi connectivity index (χ0n) is 12.4. The minimum absolute atomic E-state index is 0.0573. The van der Waals surface area contributed by atoms with Crippen molar-refractivity contribution < 1.29 is 19.5 Å². The van der Waals surface area contributed by atoms with Gasteiger partial charge in [0, 0.05) is 19.1 Å². The van der Waals surface area contributed by atoms with Crippen molar-refractivity contribution in [3.8, 4) is 0 Å². The number of rotatable bonds is 4. The molecule has 0 aromatic rings. The minimum Gasteiger partial charge on any atom is -0.481 e. The van der Waals surface area contributed by atoms with Crippen LogP contribution < -0.4 is 0 Å². The highest BCUT2D eigenvalue weighted by Crippen LogP contribution is 2.38. The molecule has 21 heavy (non-hydrogen) atoms. The zero-order valence-corrected chi connectivity index (χ0v) is 12.4. The van der Waals surface area contributed by atoms with Crippen LogP contribution in [0.1, 0.15) is 45.4 Å². The normalized spacial score (nSPS) is 30.0. The van der Waals surface area contributed by atoms with E-state index in [0.717, 1.165) is 12.8 Å². The molecule has 1 N–H and O–H groups in total. The average molecular weight is 294 g/mol.